The third kappa shape index (κ3) is 5.37. The first-order valence-corrected chi connectivity index (χ1v) is 13.4. The Balaban J connectivity index is 1.38. The molecule has 9 nitrogen and oxygen atoms in total. The average Bonchev–Trinajstić information content (AvgIpc) is 3.39. The minimum atomic E-state index is -0.510. The van der Waals surface area contributed by atoms with Crippen molar-refractivity contribution >= 4 is 49.7 Å². The zero-order chi connectivity index (χ0) is 28.5. The van der Waals surface area contributed by atoms with Gasteiger partial charge in [-0.3, -0.25) is 14.9 Å². The van der Waals surface area contributed by atoms with E-state index < -0.39 is 10.5 Å². The Hall–Kier alpha value is -5.09. The zero-order valence-corrected chi connectivity index (χ0v) is 23.2. The first-order valence-electron chi connectivity index (χ1n) is 12.6. The quantitative estimate of drug-likeness (QED) is 0.107. The van der Waals surface area contributed by atoms with Crippen molar-refractivity contribution in [2.75, 3.05) is 0 Å². The van der Waals surface area contributed by atoms with E-state index in [2.05, 4.69) is 26.0 Å². The maximum Gasteiger partial charge on any atom is 0.311 e. The maximum absolute atomic E-state index is 13.5. The molecule has 0 aliphatic carbocycles. The highest BCUT2D eigenvalue weighted by molar-refractivity contribution is 9.10. The van der Waals surface area contributed by atoms with Gasteiger partial charge in [-0.2, -0.15) is 9.78 Å². The second kappa shape index (κ2) is 10.8. The summed E-state index contributed by atoms with van der Waals surface area (Å²) in [5, 5.41) is 17.5. The second-order valence-electron chi connectivity index (χ2n) is 9.37. The SMILES string of the molecule is Cc1ccc(COc2ccc(C=Nn3c(-c4cc5cc(Br)ccc5o4)nc4ccccc4c3=O)cc2[N+](=O)[O-])cc1. The van der Waals surface area contributed by atoms with Crippen LogP contribution in [0.5, 0.6) is 5.75 Å². The predicted octanol–water partition coefficient (Wildman–Crippen LogP) is 7.25. The summed E-state index contributed by atoms with van der Waals surface area (Å²) in [4.78, 5) is 29.5. The van der Waals surface area contributed by atoms with Gasteiger partial charge < -0.3 is 9.15 Å². The normalized spacial score (nSPS) is 11.5. The van der Waals surface area contributed by atoms with E-state index in [0.717, 1.165) is 25.7 Å². The number of hydrogen-bond acceptors (Lipinski definition) is 7. The van der Waals surface area contributed by atoms with Crippen LogP contribution in [-0.4, -0.2) is 20.8 Å². The largest absolute Gasteiger partial charge is 0.482 e. The Morgan fingerprint density at radius 1 is 1.05 bits per heavy atom. The lowest BCUT2D eigenvalue weighted by molar-refractivity contribution is -0.385. The Morgan fingerprint density at radius 2 is 1.85 bits per heavy atom. The first-order chi connectivity index (χ1) is 19.9. The topological polar surface area (TPSA) is 113 Å². The van der Waals surface area contributed by atoms with Crippen LogP contribution in [0.3, 0.4) is 0 Å². The smallest absolute Gasteiger partial charge is 0.311 e. The fourth-order valence-electron chi connectivity index (χ4n) is 4.36. The van der Waals surface area contributed by atoms with Gasteiger partial charge in [-0.25, -0.2) is 4.98 Å². The predicted molar refractivity (Wildman–Crippen MR) is 161 cm³/mol. The lowest BCUT2D eigenvalue weighted by Crippen LogP contribution is -2.20. The van der Waals surface area contributed by atoms with E-state index in [1.54, 1.807) is 36.4 Å². The molecule has 0 saturated heterocycles. The van der Waals surface area contributed by atoms with Gasteiger partial charge in [0.1, 0.15) is 12.2 Å². The van der Waals surface area contributed by atoms with E-state index in [1.165, 1.54) is 18.3 Å². The summed E-state index contributed by atoms with van der Waals surface area (Å²) in [7, 11) is 0. The van der Waals surface area contributed by atoms with Crippen LogP contribution >= 0.6 is 15.9 Å². The average molecular weight is 609 g/mol. The van der Waals surface area contributed by atoms with Gasteiger partial charge in [0.2, 0.25) is 5.82 Å². The van der Waals surface area contributed by atoms with Crippen molar-refractivity contribution < 1.29 is 14.1 Å². The van der Waals surface area contributed by atoms with Gasteiger partial charge in [-0.1, -0.05) is 57.9 Å². The highest BCUT2D eigenvalue weighted by atomic mass is 79.9. The van der Waals surface area contributed by atoms with Gasteiger partial charge in [0.15, 0.2) is 11.5 Å². The molecule has 0 atom stereocenters. The fourth-order valence-corrected chi connectivity index (χ4v) is 4.74. The third-order valence-electron chi connectivity index (χ3n) is 6.47. The highest BCUT2D eigenvalue weighted by Gasteiger charge is 2.18. The van der Waals surface area contributed by atoms with Crippen molar-refractivity contribution in [3.05, 3.63) is 133 Å². The summed E-state index contributed by atoms with van der Waals surface area (Å²) in [6, 6.07) is 26.6. The van der Waals surface area contributed by atoms with Crippen molar-refractivity contribution in [1.82, 2.24) is 9.66 Å². The molecule has 0 aliphatic rings. The first kappa shape index (κ1) is 26.1. The van der Waals surface area contributed by atoms with Gasteiger partial charge in [-0.15, -0.1) is 0 Å². The summed E-state index contributed by atoms with van der Waals surface area (Å²) >= 11 is 3.46. The molecular weight excluding hydrogens is 588 g/mol. The van der Waals surface area contributed by atoms with E-state index in [4.69, 9.17) is 9.15 Å². The monoisotopic (exact) mass is 608 g/mol. The Kier molecular flexibility index (Phi) is 6.90. The Labute approximate surface area is 241 Å². The van der Waals surface area contributed by atoms with Crippen LogP contribution in [0.25, 0.3) is 33.5 Å². The molecule has 2 heterocycles. The zero-order valence-electron chi connectivity index (χ0n) is 21.7. The number of nitro groups is 1. The van der Waals surface area contributed by atoms with Crippen LogP contribution in [0.4, 0.5) is 5.69 Å². The molecule has 202 valence electrons. The van der Waals surface area contributed by atoms with E-state index in [9.17, 15) is 14.9 Å². The van der Waals surface area contributed by atoms with Crippen LogP contribution in [0, 0.1) is 17.0 Å². The molecule has 4 aromatic carbocycles. The molecule has 2 aromatic heterocycles. The van der Waals surface area contributed by atoms with Crippen molar-refractivity contribution in [2.45, 2.75) is 13.5 Å². The Bertz CT molecular complexity index is 2030. The van der Waals surface area contributed by atoms with Crippen molar-refractivity contribution in [3.8, 4) is 17.3 Å². The molecule has 0 radical (unpaired) electrons. The number of hydrogen-bond donors (Lipinski definition) is 0. The van der Waals surface area contributed by atoms with Gasteiger partial charge in [0.25, 0.3) is 5.56 Å². The molecule has 0 aliphatic heterocycles. The van der Waals surface area contributed by atoms with Gasteiger partial charge in [0.05, 0.1) is 22.0 Å². The highest BCUT2D eigenvalue weighted by Crippen LogP contribution is 2.30. The van der Waals surface area contributed by atoms with E-state index in [1.807, 2.05) is 49.4 Å². The van der Waals surface area contributed by atoms with Crippen LogP contribution in [0.1, 0.15) is 16.7 Å². The number of benzene rings is 4. The van der Waals surface area contributed by atoms with E-state index in [-0.39, 0.29) is 23.9 Å². The van der Waals surface area contributed by atoms with Crippen molar-refractivity contribution in [1.29, 1.82) is 0 Å². The fraction of sp³-hybridized carbons (Fsp3) is 0.0645. The van der Waals surface area contributed by atoms with E-state index in [0.29, 0.717) is 27.8 Å². The second-order valence-corrected chi connectivity index (χ2v) is 10.3. The van der Waals surface area contributed by atoms with Gasteiger partial charge in [-0.05, 0) is 61.0 Å². The maximum atomic E-state index is 13.5. The van der Waals surface area contributed by atoms with Crippen LogP contribution in [0.15, 0.2) is 110 Å². The Morgan fingerprint density at radius 3 is 2.66 bits per heavy atom. The standard InChI is InChI=1S/C31H21BrN4O5/c1-19-6-8-20(9-7-19)18-40-28-12-10-21(14-26(28)36(38)39)17-33-35-30(34-25-5-3-2-4-24(25)31(35)37)29-16-22-15-23(32)11-13-27(22)41-29/h2-17H,18H2,1H3. The molecule has 0 saturated carbocycles. The number of furan rings is 1. The lowest BCUT2D eigenvalue weighted by Gasteiger charge is -2.09. The molecule has 10 heteroatoms. The number of nitrogens with zero attached hydrogens (tertiary/aromatic N) is 4. The van der Waals surface area contributed by atoms with Crippen molar-refractivity contribution in [2.24, 2.45) is 5.10 Å². The molecule has 41 heavy (non-hydrogen) atoms. The lowest BCUT2D eigenvalue weighted by atomic mass is 10.1. The summed E-state index contributed by atoms with van der Waals surface area (Å²) in [5.41, 5.74) is 2.90. The number of aromatic nitrogens is 2. The number of nitro benzene ring substituents is 1. The molecule has 0 fully saturated rings. The number of para-hydroxylation sites is 1. The number of aryl methyl sites for hydroxylation is 1. The minimum absolute atomic E-state index is 0.131. The molecule has 0 unspecified atom stereocenters. The summed E-state index contributed by atoms with van der Waals surface area (Å²) < 4.78 is 13.8. The van der Waals surface area contributed by atoms with E-state index >= 15 is 0 Å². The summed E-state index contributed by atoms with van der Waals surface area (Å²) in [6.45, 7) is 2.17. The summed E-state index contributed by atoms with van der Waals surface area (Å²) in [5.74, 6) is 0.681. The molecule has 0 N–H and O–H groups in total. The number of rotatable bonds is 7. The van der Waals surface area contributed by atoms with Gasteiger partial charge in [0, 0.05) is 21.5 Å². The molecule has 0 spiro atoms. The third-order valence-corrected chi connectivity index (χ3v) is 6.96. The van der Waals surface area contributed by atoms with Crippen LogP contribution < -0.4 is 10.3 Å². The van der Waals surface area contributed by atoms with Crippen LogP contribution in [0.2, 0.25) is 0 Å². The number of halogens is 1. The minimum Gasteiger partial charge on any atom is -0.482 e. The molecule has 0 amide bonds. The number of fused-ring (bicyclic) bond motifs is 2. The molecule has 6 aromatic rings. The van der Waals surface area contributed by atoms with Gasteiger partial charge >= 0.3 is 5.69 Å². The van der Waals surface area contributed by atoms with Crippen molar-refractivity contribution in [3.63, 3.8) is 0 Å². The molecular formula is C31H21BrN4O5. The molecule has 6 rings (SSSR count). The van der Waals surface area contributed by atoms with Crippen LogP contribution in [-0.2, 0) is 6.61 Å². The summed E-state index contributed by atoms with van der Waals surface area (Å²) in [6.07, 6.45) is 1.37. The number of ether oxygens (including phenoxy) is 1. The molecule has 0 bridgehead atoms.